The lowest BCUT2D eigenvalue weighted by Gasteiger charge is -2.16. The molecule has 13 heavy (non-hydrogen) atoms. The third kappa shape index (κ3) is 2.75. The summed E-state index contributed by atoms with van der Waals surface area (Å²) in [6, 6.07) is 8.62. The molecule has 0 aliphatic rings. The molecule has 1 rings (SSSR count). The first-order valence-corrected chi connectivity index (χ1v) is 5.77. The van der Waals surface area contributed by atoms with Crippen molar-refractivity contribution in [1.82, 2.24) is 0 Å². The van der Waals surface area contributed by atoms with E-state index in [-0.39, 0.29) is 6.04 Å². The monoisotopic (exact) mass is 195 g/mol. The molecule has 0 saturated heterocycles. The first-order valence-electron chi connectivity index (χ1n) is 4.54. The highest BCUT2D eigenvalue weighted by Crippen LogP contribution is 2.23. The van der Waals surface area contributed by atoms with Crippen LogP contribution >= 0.6 is 11.8 Å². The Balaban J connectivity index is 2.88. The van der Waals surface area contributed by atoms with Crippen LogP contribution < -0.4 is 5.73 Å². The van der Waals surface area contributed by atoms with Gasteiger partial charge >= 0.3 is 0 Å². The molecule has 1 atom stereocenters. The Bertz CT molecular complexity index is 271. The fourth-order valence-corrected chi connectivity index (χ4v) is 1.70. The van der Waals surface area contributed by atoms with Crippen LogP contribution in [0.4, 0.5) is 0 Å². The average molecular weight is 195 g/mol. The van der Waals surface area contributed by atoms with Gasteiger partial charge < -0.3 is 5.73 Å². The van der Waals surface area contributed by atoms with Crippen LogP contribution in [0.2, 0.25) is 0 Å². The molecule has 1 aromatic carbocycles. The quantitative estimate of drug-likeness (QED) is 0.750. The average Bonchev–Trinajstić information content (AvgIpc) is 2.16. The Hall–Kier alpha value is -0.470. The molecule has 0 saturated carbocycles. The third-order valence-electron chi connectivity index (χ3n) is 2.20. The molecule has 0 fully saturated rings. The minimum atomic E-state index is 0.159. The standard InChI is InChI=1S/C11H17NS/c1-8(2)11(12)9-5-4-6-10(7-9)13-3/h4-8,11H,12H2,1-3H3. The topological polar surface area (TPSA) is 26.0 Å². The van der Waals surface area contributed by atoms with Crippen molar-refractivity contribution in [2.75, 3.05) is 6.26 Å². The molecule has 72 valence electrons. The Morgan fingerprint density at radius 1 is 1.31 bits per heavy atom. The van der Waals surface area contributed by atoms with Gasteiger partial charge in [0.25, 0.3) is 0 Å². The number of hydrogen-bond acceptors (Lipinski definition) is 2. The highest BCUT2D eigenvalue weighted by atomic mass is 32.2. The zero-order valence-corrected chi connectivity index (χ0v) is 9.27. The minimum Gasteiger partial charge on any atom is -0.324 e. The minimum absolute atomic E-state index is 0.159. The molecule has 2 N–H and O–H groups in total. The molecule has 0 aliphatic carbocycles. The van der Waals surface area contributed by atoms with Crippen molar-refractivity contribution in [3.63, 3.8) is 0 Å². The summed E-state index contributed by atoms with van der Waals surface area (Å²) in [5, 5.41) is 0. The van der Waals surface area contributed by atoms with Gasteiger partial charge in [-0.15, -0.1) is 11.8 Å². The summed E-state index contributed by atoms with van der Waals surface area (Å²) < 4.78 is 0. The number of rotatable bonds is 3. The molecule has 0 bridgehead atoms. The fraction of sp³-hybridized carbons (Fsp3) is 0.455. The van der Waals surface area contributed by atoms with Crippen molar-refractivity contribution in [3.8, 4) is 0 Å². The van der Waals surface area contributed by atoms with Gasteiger partial charge in [-0.25, -0.2) is 0 Å². The van der Waals surface area contributed by atoms with Gasteiger partial charge in [-0.2, -0.15) is 0 Å². The van der Waals surface area contributed by atoms with Crippen LogP contribution in [-0.2, 0) is 0 Å². The van der Waals surface area contributed by atoms with E-state index in [4.69, 9.17) is 5.73 Å². The molecule has 0 radical (unpaired) electrons. The Labute approximate surface area is 84.7 Å². The molecule has 0 spiro atoms. The zero-order chi connectivity index (χ0) is 9.84. The first kappa shape index (κ1) is 10.6. The SMILES string of the molecule is CSc1cccc(C(N)C(C)C)c1. The van der Waals surface area contributed by atoms with Gasteiger partial charge in [0.2, 0.25) is 0 Å². The zero-order valence-electron chi connectivity index (χ0n) is 8.45. The van der Waals surface area contributed by atoms with E-state index >= 15 is 0 Å². The number of hydrogen-bond donors (Lipinski definition) is 1. The highest BCUT2D eigenvalue weighted by molar-refractivity contribution is 7.98. The molecule has 2 heteroatoms. The maximum Gasteiger partial charge on any atom is 0.0318 e. The summed E-state index contributed by atoms with van der Waals surface area (Å²) in [7, 11) is 0. The van der Waals surface area contributed by atoms with Crippen molar-refractivity contribution in [2.45, 2.75) is 24.8 Å². The van der Waals surface area contributed by atoms with E-state index in [1.807, 2.05) is 0 Å². The lowest BCUT2D eigenvalue weighted by Crippen LogP contribution is -2.16. The molecule has 1 aromatic rings. The molecule has 0 heterocycles. The smallest absolute Gasteiger partial charge is 0.0318 e. The van der Waals surface area contributed by atoms with E-state index in [2.05, 4.69) is 44.4 Å². The van der Waals surface area contributed by atoms with Crippen molar-refractivity contribution in [3.05, 3.63) is 29.8 Å². The van der Waals surface area contributed by atoms with E-state index in [9.17, 15) is 0 Å². The van der Waals surface area contributed by atoms with Crippen LogP contribution in [0.25, 0.3) is 0 Å². The van der Waals surface area contributed by atoms with Crippen molar-refractivity contribution < 1.29 is 0 Å². The second-order valence-corrected chi connectivity index (χ2v) is 4.43. The van der Waals surface area contributed by atoms with Gasteiger partial charge in [0.1, 0.15) is 0 Å². The van der Waals surface area contributed by atoms with Gasteiger partial charge in [0.15, 0.2) is 0 Å². The highest BCUT2D eigenvalue weighted by Gasteiger charge is 2.09. The summed E-state index contributed by atoms with van der Waals surface area (Å²) in [5.41, 5.74) is 7.29. The van der Waals surface area contributed by atoms with Gasteiger partial charge in [0.05, 0.1) is 0 Å². The molecule has 0 aromatic heterocycles. The van der Waals surface area contributed by atoms with Crippen molar-refractivity contribution in [1.29, 1.82) is 0 Å². The van der Waals surface area contributed by atoms with E-state index in [0.29, 0.717) is 5.92 Å². The van der Waals surface area contributed by atoms with E-state index in [0.717, 1.165) is 0 Å². The van der Waals surface area contributed by atoms with E-state index in [1.165, 1.54) is 10.5 Å². The van der Waals surface area contributed by atoms with Crippen LogP contribution in [0, 0.1) is 5.92 Å². The number of nitrogens with two attached hydrogens (primary N) is 1. The van der Waals surface area contributed by atoms with Crippen LogP contribution in [0.15, 0.2) is 29.2 Å². The summed E-state index contributed by atoms with van der Waals surface area (Å²) in [5.74, 6) is 0.497. The molecule has 0 amide bonds. The second kappa shape index (κ2) is 4.68. The summed E-state index contributed by atoms with van der Waals surface area (Å²) in [6.07, 6.45) is 2.08. The Kier molecular flexibility index (Phi) is 3.82. The number of thioether (sulfide) groups is 1. The van der Waals surface area contributed by atoms with Crippen LogP contribution in [0.3, 0.4) is 0 Å². The molecule has 1 nitrogen and oxygen atoms in total. The van der Waals surface area contributed by atoms with Gasteiger partial charge in [-0.05, 0) is 29.9 Å². The molecule has 1 unspecified atom stereocenters. The predicted octanol–water partition coefficient (Wildman–Crippen LogP) is 3.06. The van der Waals surface area contributed by atoms with Gasteiger partial charge in [-0.1, -0.05) is 26.0 Å². The van der Waals surface area contributed by atoms with Crippen LogP contribution in [-0.4, -0.2) is 6.26 Å². The maximum absolute atomic E-state index is 6.05. The van der Waals surface area contributed by atoms with E-state index in [1.54, 1.807) is 11.8 Å². The first-order chi connectivity index (χ1) is 6.15. The van der Waals surface area contributed by atoms with Crippen LogP contribution in [0.1, 0.15) is 25.5 Å². The number of benzene rings is 1. The summed E-state index contributed by atoms with van der Waals surface area (Å²) in [4.78, 5) is 1.29. The lowest BCUT2D eigenvalue weighted by molar-refractivity contribution is 0.513. The van der Waals surface area contributed by atoms with E-state index < -0.39 is 0 Å². The van der Waals surface area contributed by atoms with Crippen molar-refractivity contribution >= 4 is 11.8 Å². The molecule has 0 aliphatic heterocycles. The van der Waals surface area contributed by atoms with Gasteiger partial charge in [-0.3, -0.25) is 0 Å². The summed E-state index contributed by atoms with van der Waals surface area (Å²) >= 11 is 1.76. The normalized spacial score (nSPS) is 13.3. The second-order valence-electron chi connectivity index (χ2n) is 3.55. The van der Waals surface area contributed by atoms with Crippen molar-refractivity contribution in [2.24, 2.45) is 11.7 Å². The molecular weight excluding hydrogens is 178 g/mol. The Morgan fingerprint density at radius 2 is 2.00 bits per heavy atom. The third-order valence-corrected chi connectivity index (χ3v) is 2.92. The fourth-order valence-electron chi connectivity index (χ4n) is 1.23. The largest absolute Gasteiger partial charge is 0.324 e. The predicted molar refractivity (Wildman–Crippen MR) is 60.0 cm³/mol. The van der Waals surface area contributed by atoms with Gasteiger partial charge in [0, 0.05) is 10.9 Å². The lowest BCUT2D eigenvalue weighted by atomic mass is 9.97. The molecular formula is C11H17NS. The maximum atomic E-state index is 6.05. The van der Waals surface area contributed by atoms with Crippen LogP contribution in [0.5, 0.6) is 0 Å². The Morgan fingerprint density at radius 3 is 2.54 bits per heavy atom. The summed E-state index contributed by atoms with van der Waals surface area (Å²) in [6.45, 7) is 4.30.